The quantitative estimate of drug-likeness (QED) is 0.412. The van der Waals surface area contributed by atoms with Crippen LogP contribution in [0.15, 0.2) is 22.4 Å². The number of likely N-dealkylation sites (N-methyl/N-ethyl adjacent to an activating group) is 1. The van der Waals surface area contributed by atoms with Gasteiger partial charge in [-0.15, -0.1) is 11.3 Å². The highest BCUT2D eigenvalue weighted by atomic mass is 32.2. The van der Waals surface area contributed by atoms with E-state index < -0.39 is 0 Å². The number of hydrogen-bond donors (Lipinski definition) is 1. The van der Waals surface area contributed by atoms with Gasteiger partial charge in [-0.3, -0.25) is 14.5 Å². The molecule has 27 heavy (non-hydrogen) atoms. The van der Waals surface area contributed by atoms with Crippen molar-refractivity contribution in [1.29, 1.82) is 0 Å². The molecule has 2 aliphatic heterocycles. The number of hydrogen-bond acceptors (Lipinski definition) is 5. The topological polar surface area (TPSA) is 45.1 Å². The number of amides is 2. The van der Waals surface area contributed by atoms with Crippen LogP contribution in [0.3, 0.4) is 0 Å². The number of nitrogens with one attached hydrogen (secondary N) is 1. The summed E-state index contributed by atoms with van der Waals surface area (Å²) in [7, 11) is 2.17. The van der Waals surface area contributed by atoms with Crippen LogP contribution < -0.4 is 4.90 Å². The second kappa shape index (κ2) is 9.82. The Bertz CT molecular complexity index is 710. The Hall–Kier alpha value is -1.22. The van der Waals surface area contributed by atoms with E-state index in [1.54, 1.807) is 16.2 Å². The number of thioether (sulfide) groups is 1. The van der Waals surface area contributed by atoms with Crippen LogP contribution in [0.25, 0.3) is 6.08 Å². The van der Waals surface area contributed by atoms with Crippen LogP contribution in [0.5, 0.6) is 0 Å². The second-order valence-corrected chi connectivity index (χ2v) is 9.65. The molecule has 8 heteroatoms. The zero-order valence-corrected chi connectivity index (χ0v) is 18.1. The highest BCUT2D eigenvalue weighted by Gasteiger charge is 2.31. The number of carbonyl (C=O) groups is 2. The van der Waals surface area contributed by atoms with Crippen molar-refractivity contribution in [3.63, 3.8) is 0 Å². The summed E-state index contributed by atoms with van der Waals surface area (Å²) in [6, 6.07) is 3.97. The first-order valence-corrected chi connectivity index (χ1v) is 11.5. The molecule has 0 saturated carbocycles. The SMILES string of the molecule is C[NH+]1CCN(C(=O)CCCCCN2C(=O)C(=Cc3cccs3)SC2=S)CC1. The van der Waals surface area contributed by atoms with Crippen molar-refractivity contribution >= 4 is 57.5 Å². The maximum absolute atomic E-state index is 12.5. The van der Waals surface area contributed by atoms with Gasteiger partial charge in [0.2, 0.25) is 5.91 Å². The van der Waals surface area contributed by atoms with Crippen molar-refractivity contribution in [1.82, 2.24) is 9.80 Å². The van der Waals surface area contributed by atoms with Gasteiger partial charge in [0, 0.05) is 17.8 Å². The molecule has 2 aliphatic rings. The van der Waals surface area contributed by atoms with Gasteiger partial charge >= 0.3 is 0 Å². The second-order valence-electron chi connectivity index (χ2n) is 7.00. The van der Waals surface area contributed by atoms with E-state index in [-0.39, 0.29) is 11.8 Å². The molecule has 2 amide bonds. The molecule has 2 fully saturated rings. The lowest BCUT2D eigenvalue weighted by Gasteiger charge is -2.30. The van der Waals surface area contributed by atoms with E-state index in [0.29, 0.717) is 22.2 Å². The summed E-state index contributed by atoms with van der Waals surface area (Å²) in [5.74, 6) is 0.279. The molecule has 1 aromatic heterocycles. The van der Waals surface area contributed by atoms with Gasteiger partial charge in [-0.1, -0.05) is 36.5 Å². The molecule has 0 radical (unpaired) electrons. The maximum atomic E-state index is 12.5. The van der Waals surface area contributed by atoms with Crippen molar-refractivity contribution < 1.29 is 14.5 Å². The Morgan fingerprint density at radius 1 is 1.30 bits per heavy atom. The van der Waals surface area contributed by atoms with Crippen LogP contribution in [0.2, 0.25) is 0 Å². The first kappa shape index (κ1) is 20.5. The molecule has 1 aromatic rings. The predicted octanol–water partition coefficient (Wildman–Crippen LogP) is 1.87. The minimum Gasteiger partial charge on any atom is -0.334 e. The lowest BCUT2D eigenvalue weighted by Crippen LogP contribution is -3.12. The normalized spacial score (nSPS) is 20.1. The maximum Gasteiger partial charge on any atom is 0.266 e. The van der Waals surface area contributed by atoms with Crippen LogP contribution in [-0.2, 0) is 9.59 Å². The van der Waals surface area contributed by atoms with E-state index in [1.807, 2.05) is 28.5 Å². The molecular formula is C19H26N3O2S3+. The molecule has 3 heterocycles. The van der Waals surface area contributed by atoms with Crippen molar-refractivity contribution in [3.8, 4) is 0 Å². The molecule has 0 aromatic carbocycles. The minimum atomic E-state index is 0.00872. The summed E-state index contributed by atoms with van der Waals surface area (Å²) < 4.78 is 0.638. The fourth-order valence-corrected chi connectivity index (χ4v) is 5.25. The molecule has 2 saturated heterocycles. The number of nitrogens with zero attached hydrogens (tertiary/aromatic N) is 2. The van der Waals surface area contributed by atoms with Gasteiger partial charge in [-0.2, -0.15) is 0 Å². The zero-order valence-electron chi connectivity index (χ0n) is 15.6. The third-order valence-corrected chi connectivity index (χ3v) is 7.13. The Morgan fingerprint density at radius 2 is 2.07 bits per heavy atom. The van der Waals surface area contributed by atoms with Gasteiger partial charge in [0.15, 0.2) is 0 Å². The van der Waals surface area contributed by atoms with Crippen molar-refractivity contribution in [2.45, 2.75) is 25.7 Å². The number of thiophene rings is 1. The summed E-state index contributed by atoms with van der Waals surface area (Å²) in [5.41, 5.74) is 0. The summed E-state index contributed by atoms with van der Waals surface area (Å²) >= 11 is 8.37. The number of thiocarbonyl (C=S) groups is 1. The van der Waals surface area contributed by atoms with Crippen molar-refractivity contribution in [2.75, 3.05) is 39.8 Å². The highest BCUT2D eigenvalue weighted by molar-refractivity contribution is 8.26. The molecule has 5 nitrogen and oxygen atoms in total. The fourth-order valence-electron chi connectivity index (χ4n) is 3.21. The largest absolute Gasteiger partial charge is 0.334 e. The fraction of sp³-hybridized carbons (Fsp3) is 0.526. The number of rotatable bonds is 7. The van der Waals surface area contributed by atoms with E-state index in [9.17, 15) is 9.59 Å². The van der Waals surface area contributed by atoms with Crippen LogP contribution in [0.1, 0.15) is 30.6 Å². The van der Waals surface area contributed by atoms with E-state index >= 15 is 0 Å². The van der Waals surface area contributed by atoms with Crippen molar-refractivity contribution in [2.24, 2.45) is 0 Å². The van der Waals surface area contributed by atoms with Crippen LogP contribution in [0.4, 0.5) is 0 Å². The lowest BCUT2D eigenvalue weighted by atomic mass is 10.1. The molecular weight excluding hydrogens is 398 g/mol. The van der Waals surface area contributed by atoms with Gasteiger partial charge in [-0.25, -0.2) is 0 Å². The monoisotopic (exact) mass is 424 g/mol. The molecule has 3 rings (SSSR count). The van der Waals surface area contributed by atoms with Crippen LogP contribution in [0, 0.1) is 0 Å². The molecule has 0 aliphatic carbocycles. The van der Waals surface area contributed by atoms with E-state index in [2.05, 4.69) is 7.05 Å². The van der Waals surface area contributed by atoms with Gasteiger partial charge < -0.3 is 9.80 Å². The van der Waals surface area contributed by atoms with Crippen LogP contribution >= 0.6 is 35.3 Å². The number of piperazine rings is 1. The standard InChI is InChI=1S/C19H25N3O2S3/c1-20-9-11-21(12-10-20)17(23)7-3-2-4-8-22-18(24)16(27-19(22)25)14-15-6-5-13-26-15/h5-6,13-14H,2-4,7-12H2,1H3/p+1. The molecule has 0 unspecified atom stereocenters. The Kier molecular flexibility index (Phi) is 7.46. The lowest BCUT2D eigenvalue weighted by molar-refractivity contribution is -0.883. The first-order valence-electron chi connectivity index (χ1n) is 9.42. The number of unbranched alkanes of at least 4 members (excludes halogenated alkanes) is 2. The molecule has 0 spiro atoms. The summed E-state index contributed by atoms with van der Waals surface area (Å²) in [4.78, 5) is 31.7. The summed E-state index contributed by atoms with van der Waals surface area (Å²) in [6.07, 6.45) is 5.21. The molecule has 0 atom stereocenters. The average Bonchev–Trinajstić information content (AvgIpc) is 3.25. The van der Waals surface area contributed by atoms with Gasteiger partial charge in [-0.05, 0) is 30.4 Å². The molecule has 0 bridgehead atoms. The Labute approximate surface area is 174 Å². The third-order valence-electron chi connectivity index (χ3n) is 4.93. The Balaban J connectivity index is 1.37. The van der Waals surface area contributed by atoms with Gasteiger partial charge in [0.05, 0.1) is 38.1 Å². The number of quaternary nitrogens is 1. The van der Waals surface area contributed by atoms with Crippen LogP contribution in [-0.4, -0.2) is 65.7 Å². The smallest absolute Gasteiger partial charge is 0.266 e. The molecule has 1 N–H and O–H groups in total. The third kappa shape index (κ3) is 5.63. The van der Waals surface area contributed by atoms with E-state index in [4.69, 9.17) is 12.2 Å². The zero-order chi connectivity index (χ0) is 19.2. The number of carbonyl (C=O) groups excluding carboxylic acids is 2. The Morgan fingerprint density at radius 3 is 2.78 bits per heavy atom. The average molecular weight is 425 g/mol. The van der Waals surface area contributed by atoms with E-state index in [0.717, 1.165) is 50.3 Å². The summed E-state index contributed by atoms with van der Waals surface area (Å²) in [6.45, 7) is 4.46. The van der Waals surface area contributed by atoms with Gasteiger partial charge in [0.25, 0.3) is 5.91 Å². The van der Waals surface area contributed by atoms with E-state index in [1.165, 1.54) is 16.7 Å². The first-order chi connectivity index (χ1) is 13.0. The molecule has 146 valence electrons. The van der Waals surface area contributed by atoms with Gasteiger partial charge in [0.1, 0.15) is 4.32 Å². The highest BCUT2D eigenvalue weighted by Crippen LogP contribution is 2.33. The summed E-state index contributed by atoms with van der Waals surface area (Å²) in [5, 5.41) is 2.00. The minimum absolute atomic E-state index is 0.00872. The van der Waals surface area contributed by atoms with Crippen molar-refractivity contribution in [3.05, 3.63) is 27.3 Å². The predicted molar refractivity (Wildman–Crippen MR) is 116 cm³/mol.